The maximum Gasteiger partial charge on any atom is 0.0570 e. The Balaban J connectivity index is 4.02. The fourth-order valence-electron chi connectivity index (χ4n) is 2.65. The van der Waals surface area contributed by atoms with Crippen LogP contribution in [-0.2, 0) is 0 Å². The van der Waals surface area contributed by atoms with E-state index in [0.29, 0.717) is 5.92 Å². The summed E-state index contributed by atoms with van der Waals surface area (Å²) in [4.78, 5) is 0. The zero-order valence-electron chi connectivity index (χ0n) is 12.5. The molecule has 0 aromatic carbocycles. The van der Waals surface area contributed by atoms with Gasteiger partial charge >= 0.3 is 0 Å². The average Bonchev–Trinajstić information content (AvgIpc) is 2.35. The van der Waals surface area contributed by atoms with Crippen LogP contribution >= 0.6 is 0 Å². The summed E-state index contributed by atoms with van der Waals surface area (Å²) in [5.74, 6) is 1.27. The molecule has 0 amide bonds. The van der Waals surface area contributed by atoms with E-state index in [4.69, 9.17) is 0 Å². The van der Waals surface area contributed by atoms with Crippen LogP contribution in [0.5, 0.6) is 0 Å². The molecule has 0 bridgehead atoms. The van der Waals surface area contributed by atoms with Gasteiger partial charge in [-0.15, -0.1) is 0 Å². The SMILES string of the molecule is CCCC[C@H](CC)C[C@@H](O)[C@H](CC)CCCC. The normalized spacial score (nSPS) is 16.8. The zero-order chi connectivity index (χ0) is 13.1. The molecule has 3 atom stereocenters. The van der Waals surface area contributed by atoms with Crippen molar-refractivity contribution in [3.05, 3.63) is 0 Å². The van der Waals surface area contributed by atoms with Crippen LogP contribution in [0, 0.1) is 11.8 Å². The van der Waals surface area contributed by atoms with Crippen molar-refractivity contribution in [1.82, 2.24) is 0 Å². The van der Waals surface area contributed by atoms with Gasteiger partial charge in [-0.25, -0.2) is 0 Å². The number of hydrogen-bond acceptors (Lipinski definition) is 1. The van der Waals surface area contributed by atoms with E-state index in [9.17, 15) is 5.11 Å². The molecule has 0 rings (SSSR count). The van der Waals surface area contributed by atoms with Crippen LogP contribution in [-0.4, -0.2) is 11.2 Å². The fourth-order valence-corrected chi connectivity index (χ4v) is 2.65. The molecule has 17 heavy (non-hydrogen) atoms. The van der Waals surface area contributed by atoms with Crippen molar-refractivity contribution >= 4 is 0 Å². The lowest BCUT2D eigenvalue weighted by atomic mass is 9.85. The van der Waals surface area contributed by atoms with Crippen molar-refractivity contribution in [1.29, 1.82) is 0 Å². The fraction of sp³-hybridized carbons (Fsp3) is 1.00. The third-order valence-electron chi connectivity index (χ3n) is 4.12. The summed E-state index contributed by atoms with van der Waals surface area (Å²) in [6.45, 7) is 8.96. The van der Waals surface area contributed by atoms with E-state index in [1.165, 1.54) is 44.9 Å². The van der Waals surface area contributed by atoms with Gasteiger partial charge in [-0.2, -0.15) is 0 Å². The van der Waals surface area contributed by atoms with E-state index < -0.39 is 0 Å². The van der Waals surface area contributed by atoms with Crippen molar-refractivity contribution in [2.75, 3.05) is 0 Å². The van der Waals surface area contributed by atoms with Gasteiger partial charge in [0.2, 0.25) is 0 Å². The van der Waals surface area contributed by atoms with Crippen LogP contribution in [0.25, 0.3) is 0 Å². The van der Waals surface area contributed by atoms with Gasteiger partial charge < -0.3 is 5.11 Å². The molecule has 0 aromatic heterocycles. The first-order valence-corrected chi connectivity index (χ1v) is 7.87. The van der Waals surface area contributed by atoms with Crippen LogP contribution in [0.15, 0.2) is 0 Å². The summed E-state index contributed by atoms with van der Waals surface area (Å²) < 4.78 is 0. The Kier molecular flexibility index (Phi) is 11.0. The Hall–Kier alpha value is -0.0400. The summed E-state index contributed by atoms with van der Waals surface area (Å²) in [6.07, 6.45) is 10.9. The minimum atomic E-state index is -0.0617. The van der Waals surface area contributed by atoms with E-state index in [-0.39, 0.29) is 6.10 Å². The van der Waals surface area contributed by atoms with E-state index in [2.05, 4.69) is 27.7 Å². The standard InChI is InChI=1S/C16H34O/c1-5-9-11-14(7-3)13-16(17)15(8-4)12-10-6-2/h14-17H,5-13H2,1-4H3/t14-,15+,16+/m0/s1. The molecule has 1 heteroatoms. The van der Waals surface area contributed by atoms with Crippen LogP contribution < -0.4 is 0 Å². The van der Waals surface area contributed by atoms with E-state index in [1.807, 2.05) is 0 Å². The molecule has 0 aliphatic rings. The number of aliphatic hydroxyl groups is 1. The number of unbranched alkanes of at least 4 members (excludes halogenated alkanes) is 2. The van der Waals surface area contributed by atoms with Crippen LogP contribution in [0.2, 0.25) is 0 Å². The van der Waals surface area contributed by atoms with Crippen molar-refractivity contribution in [3.8, 4) is 0 Å². The minimum Gasteiger partial charge on any atom is -0.393 e. The molecule has 104 valence electrons. The second-order valence-electron chi connectivity index (χ2n) is 5.53. The Labute approximate surface area is 109 Å². The smallest absolute Gasteiger partial charge is 0.0570 e. The molecule has 0 heterocycles. The summed E-state index contributed by atoms with van der Waals surface area (Å²) in [6, 6.07) is 0. The van der Waals surface area contributed by atoms with E-state index in [0.717, 1.165) is 18.8 Å². The van der Waals surface area contributed by atoms with Gasteiger partial charge in [-0.3, -0.25) is 0 Å². The van der Waals surface area contributed by atoms with Crippen LogP contribution in [0.4, 0.5) is 0 Å². The molecule has 0 spiro atoms. The van der Waals surface area contributed by atoms with Crippen molar-refractivity contribution in [2.24, 2.45) is 11.8 Å². The van der Waals surface area contributed by atoms with Gasteiger partial charge in [-0.1, -0.05) is 72.6 Å². The van der Waals surface area contributed by atoms with Gasteiger partial charge in [0, 0.05) is 0 Å². The van der Waals surface area contributed by atoms with Gasteiger partial charge in [0.15, 0.2) is 0 Å². The quantitative estimate of drug-likeness (QED) is 0.530. The molecule has 0 aliphatic carbocycles. The van der Waals surface area contributed by atoms with Crippen LogP contribution in [0.3, 0.4) is 0 Å². The van der Waals surface area contributed by atoms with Gasteiger partial charge in [-0.05, 0) is 24.7 Å². The maximum atomic E-state index is 10.3. The van der Waals surface area contributed by atoms with Gasteiger partial charge in [0.05, 0.1) is 6.10 Å². The monoisotopic (exact) mass is 242 g/mol. The minimum absolute atomic E-state index is 0.0617. The number of hydrogen-bond donors (Lipinski definition) is 1. The predicted octanol–water partition coefficient (Wildman–Crippen LogP) is 5.17. The van der Waals surface area contributed by atoms with E-state index in [1.54, 1.807) is 0 Å². The molecule has 1 N–H and O–H groups in total. The second kappa shape index (κ2) is 11.1. The highest BCUT2D eigenvalue weighted by molar-refractivity contribution is 4.72. The highest BCUT2D eigenvalue weighted by Gasteiger charge is 2.20. The molecule has 0 unspecified atom stereocenters. The Morgan fingerprint density at radius 3 is 1.88 bits per heavy atom. The lowest BCUT2D eigenvalue weighted by molar-refractivity contribution is 0.0711. The topological polar surface area (TPSA) is 20.2 Å². The summed E-state index contributed by atoms with van der Waals surface area (Å²) >= 11 is 0. The van der Waals surface area contributed by atoms with Gasteiger partial charge in [0.25, 0.3) is 0 Å². The lowest BCUT2D eigenvalue weighted by Gasteiger charge is -2.25. The molecule has 0 saturated heterocycles. The number of rotatable bonds is 11. The Morgan fingerprint density at radius 2 is 1.41 bits per heavy atom. The first-order valence-electron chi connectivity index (χ1n) is 7.87. The third-order valence-corrected chi connectivity index (χ3v) is 4.12. The second-order valence-corrected chi connectivity index (χ2v) is 5.53. The molecule has 0 fully saturated rings. The van der Waals surface area contributed by atoms with Crippen molar-refractivity contribution < 1.29 is 5.11 Å². The first kappa shape index (κ1) is 17.0. The molecular weight excluding hydrogens is 208 g/mol. The highest BCUT2D eigenvalue weighted by atomic mass is 16.3. The molecule has 0 aromatic rings. The Bertz CT molecular complexity index is 156. The molecule has 1 nitrogen and oxygen atoms in total. The summed E-state index contributed by atoms with van der Waals surface area (Å²) in [5, 5.41) is 10.3. The first-order chi connectivity index (χ1) is 8.19. The molecule has 0 radical (unpaired) electrons. The number of aliphatic hydroxyl groups excluding tert-OH is 1. The largest absolute Gasteiger partial charge is 0.393 e. The molecule has 0 aliphatic heterocycles. The zero-order valence-corrected chi connectivity index (χ0v) is 12.5. The van der Waals surface area contributed by atoms with Crippen molar-refractivity contribution in [3.63, 3.8) is 0 Å². The van der Waals surface area contributed by atoms with E-state index >= 15 is 0 Å². The van der Waals surface area contributed by atoms with Crippen LogP contribution in [0.1, 0.15) is 85.5 Å². The highest BCUT2D eigenvalue weighted by Crippen LogP contribution is 2.25. The summed E-state index contributed by atoms with van der Waals surface area (Å²) in [5.41, 5.74) is 0. The predicted molar refractivity (Wildman–Crippen MR) is 77.2 cm³/mol. The molecular formula is C16H34O. The summed E-state index contributed by atoms with van der Waals surface area (Å²) in [7, 11) is 0. The molecule has 0 saturated carbocycles. The van der Waals surface area contributed by atoms with Gasteiger partial charge in [0.1, 0.15) is 0 Å². The maximum absolute atomic E-state index is 10.3. The average molecular weight is 242 g/mol. The Morgan fingerprint density at radius 1 is 0.824 bits per heavy atom. The van der Waals surface area contributed by atoms with Crippen molar-refractivity contribution in [2.45, 2.75) is 91.6 Å². The third kappa shape index (κ3) is 7.81. The lowest BCUT2D eigenvalue weighted by Crippen LogP contribution is -2.23.